The highest BCUT2D eigenvalue weighted by Gasteiger charge is 2.04. The van der Waals surface area contributed by atoms with E-state index in [1.165, 1.54) is 25.1 Å². The van der Waals surface area contributed by atoms with Gasteiger partial charge in [-0.05, 0) is 42.0 Å². The van der Waals surface area contributed by atoms with Gasteiger partial charge in [0.15, 0.2) is 0 Å². The van der Waals surface area contributed by atoms with E-state index < -0.39 is 5.97 Å². The average Bonchev–Trinajstić information content (AvgIpc) is 2.61. The van der Waals surface area contributed by atoms with Gasteiger partial charge in [-0.3, -0.25) is 4.79 Å². The third kappa shape index (κ3) is 5.72. The Hall–Kier alpha value is -2.31. The van der Waals surface area contributed by atoms with Crippen LogP contribution in [0.3, 0.4) is 0 Å². The first-order chi connectivity index (χ1) is 11.6. The second kappa shape index (κ2) is 9.10. The second-order valence-corrected chi connectivity index (χ2v) is 6.13. The zero-order chi connectivity index (χ0) is 17.4. The Balaban J connectivity index is 1.79. The molecule has 2 rings (SSSR count). The number of rotatable bonds is 6. The first kappa shape index (κ1) is 18.0. The quantitative estimate of drug-likeness (QED) is 0.370. The van der Waals surface area contributed by atoms with E-state index in [0.717, 1.165) is 10.5 Å². The summed E-state index contributed by atoms with van der Waals surface area (Å²) in [6.45, 7) is 0. The summed E-state index contributed by atoms with van der Waals surface area (Å²) in [4.78, 5) is 24.0. The van der Waals surface area contributed by atoms with E-state index in [9.17, 15) is 9.59 Å². The molecule has 0 saturated carbocycles. The molecule has 5 nitrogen and oxygen atoms in total. The smallest absolute Gasteiger partial charge is 0.337 e. The van der Waals surface area contributed by atoms with Crippen LogP contribution in [-0.4, -0.2) is 31.0 Å². The van der Waals surface area contributed by atoms with Crippen LogP contribution in [0.15, 0.2) is 58.5 Å². The molecule has 7 heteroatoms. The third-order valence-electron chi connectivity index (χ3n) is 2.92. The molecule has 1 N–H and O–H groups in total. The van der Waals surface area contributed by atoms with Gasteiger partial charge < -0.3 is 4.74 Å². The Bertz CT molecular complexity index is 731. The molecule has 0 aliphatic carbocycles. The van der Waals surface area contributed by atoms with Gasteiger partial charge in [0.2, 0.25) is 5.91 Å². The minimum atomic E-state index is -0.397. The van der Waals surface area contributed by atoms with Crippen molar-refractivity contribution in [3.63, 3.8) is 0 Å². The van der Waals surface area contributed by atoms with Crippen molar-refractivity contribution in [3.8, 4) is 0 Å². The fraction of sp³-hybridized carbons (Fsp3) is 0.118. The lowest BCUT2D eigenvalue weighted by atomic mass is 10.1. The molecule has 1 amide bonds. The highest BCUT2D eigenvalue weighted by atomic mass is 35.5. The van der Waals surface area contributed by atoms with Crippen molar-refractivity contribution >= 4 is 41.5 Å². The van der Waals surface area contributed by atoms with E-state index in [4.69, 9.17) is 11.6 Å². The molecule has 24 heavy (non-hydrogen) atoms. The largest absolute Gasteiger partial charge is 0.465 e. The van der Waals surface area contributed by atoms with Crippen LogP contribution in [-0.2, 0) is 9.53 Å². The normalized spacial score (nSPS) is 10.6. The lowest BCUT2D eigenvalue weighted by Gasteiger charge is -2.01. The maximum atomic E-state index is 11.7. The maximum Gasteiger partial charge on any atom is 0.337 e. The van der Waals surface area contributed by atoms with Gasteiger partial charge in [0.05, 0.1) is 24.6 Å². The number of hydrogen-bond acceptors (Lipinski definition) is 5. The van der Waals surface area contributed by atoms with Crippen LogP contribution in [0.4, 0.5) is 0 Å². The number of esters is 1. The molecule has 0 bridgehead atoms. The van der Waals surface area contributed by atoms with Gasteiger partial charge in [-0.2, -0.15) is 5.10 Å². The number of amides is 1. The highest BCUT2D eigenvalue weighted by Crippen LogP contribution is 2.19. The van der Waals surface area contributed by atoms with Gasteiger partial charge >= 0.3 is 5.97 Å². The van der Waals surface area contributed by atoms with Crippen LogP contribution in [0, 0.1) is 0 Å². The van der Waals surface area contributed by atoms with Crippen molar-refractivity contribution in [2.24, 2.45) is 5.10 Å². The number of ether oxygens (including phenoxy) is 1. The summed E-state index contributed by atoms with van der Waals surface area (Å²) in [6.07, 6.45) is 1.51. The van der Waals surface area contributed by atoms with Crippen molar-refractivity contribution in [2.75, 3.05) is 12.9 Å². The Labute approximate surface area is 149 Å². The molecule has 0 saturated heterocycles. The summed E-state index contributed by atoms with van der Waals surface area (Å²) in [6, 6.07) is 13.9. The lowest BCUT2D eigenvalue weighted by Crippen LogP contribution is -2.19. The zero-order valence-electron chi connectivity index (χ0n) is 12.9. The number of benzene rings is 2. The number of carbonyl (C=O) groups excluding carboxylic acids is 2. The number of methoxy groups -OCH3 is 1. The fourth-order valence-corrected chi connectivity index (χ4v) is 2.53. The maximum absolute atomic E-state index is 11.7. The third-order valence-corrected chi connectivity index (χ3v) is 4.18. The molecular formula is C17H15ClN2O3S. The summed E-state index contributed by atoms with van der Waals surface area (Å²) in [5.41, 5.74) is 3.67. The number of thioether (sulfide) groups is 1. The van der Waals surface area contributed by atoms with E-state index >= 15 is 0 Å². The topological polar surface area (TPSA) is 67.8 Å². The van der Waals surface area contributed by atoms with Crippen LogP contribution in [0.1, 0.15) is 15.9 Å². The summed E-state index contributed by atoms with van der Waals surface area (Å²) in [7, 11) is 1.33. The monoisotopic (exact) mass is 362 g/mol. The molecule has 0 fully saturated rings. The molecule has 0 aliphatic rings. The Kier molecular flexibility index (Phi) is 6.84. The van der Waals surface area contributed by atoms with E-state index in [2.05, 4.69) is 15.3 Å². The van der Waals surface area contributed by atoms with Gasteiger partial charge in [0, 0.05) is 9.92 Å². The Morgan fingerprint density at radius 2 is 1.83 bits per heavy atom. The van der Waals surface area contributed by atoms with E-state index in [-0.39, 0.29) is 11.7 Å². The molecule has 0 unspecified atom stereocenters. The number of carbonyl (C=O) groups is 2. The molecule has 0 aromatic heterocycles. The van der Waals surface area contributed by atoms with Crippen molar-refractivity contribution in [1.82, 2.24) is 5.43 Å². The molecule has 124 valence electrons. The molecule has 0 spiro atoms. The van der Waals surface area contributed by atoms with Crippen LogP contribution in [0.5, 0.6) is 0 Å². The molecule has 0 atom stereocenters. The molecule has 2 aromatic rings. The molecular weight excluding hydrogens is 348 g/mol. The number of hydrogen-bond donors (Lipinski definition) is 1. The summed E-state index contributed by atoms with van der Waals surface area (Å²) in [5.74, 6) is -0.358. The number of nitrogens with one attached hydrogen (secondary N) is 1. The van der Waals surface area contributed by atoms with Gasteiger partial charge in [0.25, 0.3) is 0 Å². The minimum Gasteiger partial charge on any atom is -0.465 e. The molecule has 0 aliphatic heterocycles. The SMILES string of the molecule is COC(=O)c1ccc(/C=N/NC(=O)CSc2ccc(Cl)cc2)cc1. The molecule has 0 heterocycles. The predicted octanol–water partition coefficient (Wildman–Crippen LogP) is 3.37. The molecule has 0 radical (unpaired) electrons. The summed E-state index contributed by atoms with van der Waals surface area (Å²) < 4.78 is 4.62. The van der Waals surface area contributed by atoms with E-state index in [1.54, 1.807) is 36.4 Å². The lowest BCUT2D eigenvalue weighted by molar-refractivity contribution is -0.118. The van der Waals surface area contributed by atoms with Gasteiger partial charge in [-0.25, -0.2) is 10.2 Å². The Morgan fingerprint density at radius 1 is 1.17 bits per heavy atom. The van der Waals surface area contributed by atoms with Crippen LogP contribution in [0.2, 0.25) is 5.02 Å². The predicted molar refractivity (Wildman–Crippen MR) is 95.7 cm³/mol. The van der Waals surface area contributed by atoms with Crippen molar-refractivity contribution in [2.45, 2.75) is 4.90 Å². The second-order valence-electron chi connectivity index (χ2n) is 4.65. The van der Waals surface area contributed by atoms with Crippen molar-refractivity contribution in [1.29, 1.82) is 0 Å². The standard InChI is InChI=1S/C17H15ClN2O3S/c1-23-17(22)13-4-2-12(3-5-13)10-19-20-16(21)11-24-15-8-6-14(18)7-9-15/h2-10H,11H2,1H3,(H,20,21)/b19-10+. The minimum absolute atomic E-state index is 0.211. The number of halogens is 1. The van der Waals surface area contributed by atoms with Crippen LogP contribution >= 0.6 is 23.4 Å². The van der Waals surface area contributed by atoms with Gasteiger partial charge in [0.1, 0.15) is 0 Å². The van der Waals surface area contributed by atoms with Gasteiger partial charge in [-0.15, -0.1) is 11.8 Å². The first-order valence-corrected chi connectivity index (χ1v) is 8.33. The fourth-order valence-electron chi connectivity index (χ4n) is 1.71. The number of hydrazone groups is 1. The highest BCUT2D eigenvalue weighted by molar-refractivity contribution is 8.00. The Morgan fingerprint density at radius 3 is 2.46 bits per heavy atom. The summed E-state index contributed by atoms with van der Waals surface area (Å²) >= 11 is 7.20. The van der Waals surface area contributed by atoms with E-state index in [1.807, 2.05) is 12.1 Å². The number of nitrogens with zero attached hydrogens (tertiary/aromatic N) is 1. The molecule has 2 aromatic carbocycles. The van der Waals surface area contributed by atoms with Crippen molar-refractivity contribution < 1.29 is 14.3 Å². The zero-order valence-corrected chi connectivity index (χ0v) is 14.4. The first-order valence-electron chi connectivity index (χ1n) is 6.97. The van der Waals surface area contributed by atoms with Crippen molar-refractivity contribution in [3.05, 3.63) is 64.7 Å². The average molecular weight is 363 g/mol. The van der Waals surface area contributed by atoms with Crippen LogP contribution < -0.4 is 5.43 Å². The van der Waals surface area contributed by atoms with Gasteiger partial charge in [-0.1, -0.05) is 23.7 Å². The van der Waals surface area contributed by atoms with E-state index in [0.29, 0.717) is 10.6 Å². The van der Waals surface area contributed by atoms with Crippen LogP contribution in [0.25, 0.3) is 0 Å². The summed E-state index contributed by atoms with van der Waals surface area (Å²) in [5, 5.41) is 4.55.